The number of nitrogens with one attached hydrogen (secondary N) is 2. The van der Waals surface area contributed by atoms with Gasteiger partial charge in [0.2, 0.25) is 0 Å². The van der Waals surface area contributed by atoms with Gasteiger partial charge in [0.05, 0.1) is 16.2 Å². The average Bonchev–Trinajstić information content (AvgIpc) is 3.22. The summed E-state index contributed by atoms with van der Waals surface area (Å²) in [6.45, 7) is 3.60. The van der Waals surface area contributed by atoms with Gasteiger partial charge in [0.25, 0.3) is 0 Å². The second-order valence-electron chi connectivity index (χ2n) is 7.98. The zero-order chi connectivity index (χ0) is 22.5. The molecule has 0 atom stereocenters. The van der Waals surface area contributed by atoms with Crippen LogP contribution < -0.4 is 5.48 Å². The number of fused-ring (bicyclic) bond motifs is 1. The van der Waals surface area contributed by atoms with E-state index >= 15 is 0 Å². The van der Waals surface area contributed by atoms with Gasteiger partial charge in [-0.05, 0) is 50.1 Å². The Bertz CT molecular complexity index is 1100. The number of halogens is 2. The van der Waals surface area contributed by atoms with Crippen LogP contribution in [0.25, 0.3) is 11.2 Å². The molecule has 0 unspecified atom stereocenters. The first-order chi connectivity index (χ1) is 15.5. The van der Waals surface area contributed by atoms with E-state index in [1.165, 1.54) is 18.2 Å². The molecule has 0 spiro atoms. The molecule has 0 aliphatic carbocycles. The highest BCUT2D eigenvalue weighted by molar-refractivity contribution is 6.31. The quantitative estimate of drug-likeness (QED) is 0.282. The number of aliphatic imine (C=N–C) groups is 1. The summed E-state index contributed by atoms with van der Waals surface area (Å²) in [5.74, 6) is 1.12. The monoisotopic (exact) mass is 460 g/mol. The van der Waals surface area contributed by atoms with Crippen LogP contribution in [0.1, 0.15) is 24.2 Å². The van der Waals surface area contributed by atoms with Crippen LogP contribution in [0.15, 0.2) is 35.5 Å². The maximum absolute atomic E-state index is 13.4. The normalized spacial score (nSPS) is 15.6. The Balaban J connectivity index is 1.50. The SMILES string of the molecule is CN(CCc1nc2nccc(C(=Nc3ccc(F)c(Cl)c3)NO)c2[nH]1)CC1CCOCC1. The van der Waals surface area contributed by atoms with Gasteiger partial charge in [-0.1, -0.05) is 11.6 Å². The van der Waals surface area contributed by atoms with Crippen LogP contribution in [0.2, 0.25) is 5.02 Å². The predicted octanol–water partition coefficient (Wildman–Crippen LogP) is 3.71. The molecule has 0 radical (unpaired) electrons. The molecule has 3 N–H and O–H groups in total. The van der Waals surface area contributed by atoms with Gasteiger partial charge in [0.15, 0.2) is 11.5 Å². The number of nitrogens with zero attached hydrogens (tertiary/aromatic N) is 4. The van der Waals surface area contributed by atoms with Crippen LogP contribution >= 0.6 is 11.6 Å². The Morgan fingerprint density at radius 2 is 2.19 bits per heavy atom. The number of hydrogen-bond donors (Lipinski definition) is 3. The molecule has 0 saturated carbocycles. The van der Waals surface area contributed by atoms with E-state index in [4.69, 9.17) is 16.3 Å². The first kappa shape index (κ1) is 22.6. The minimum Gasteiger partial charge on any atom is -0.381 e. The molecule has 1 fully saturated rings. The number of ether oxygens (including phenoxy) is 1. The number of hydroxylamine groups is 1. The molecule has 1 aliphatic heterocycles. The molecule has 3 aromatic rings. The molecule has 4 rings (SSSR count). The van der Waals surface area contributed by atoms with Crippen LogP contribution in [0.3, 0.4) is 0 Å². The summed E-state index contributed by atoms with van der Waals surface area (Å²) < 4.78 is 18.9. The lowest BCUT2D eigenvalue weighted by Crippen LogP contribution is -2.31. The lowest BCUT2D eigenvalue weighted by Gasteiger charge is -2.26. The zero-order valence-electron chi connectivity index (χ0n) is 17.8. The lowest BCUT2D eigenvalue weighted by molar-refractivity contribution is 0.0558. The number of hydrogen-bond acceptors (Lipinski definition) is 6. The molecule has 10 heteroatoms. The molecule has 1 aliphatic rings. The molecule has 0 bridgehead atoms. The Morgan fingerprint density at radius 1 is 1.38 bits per heavy atom. The van der Waals surface area contributed by atoms with Crippen molar-refractivity contribution < 1.29 is 14.3 Å². The minimum absolute atomic E-state index is 0.0443. The highest BCUT2D eigenvalue weighted by atomic mass is 35.5. The fraction of sp³-hybridized carbons (Fsp3) is 0.409. The molecule has 3 heterocycles. The third-order valence-corrected chi connectivity index (χ3v) is 5.88. The third kappa shape index (κ3) is 5.42. The van der Waals surface area contributed by atoms with Crippen LogP contribution in [-0.4, -0.2) is 64.2 Å². The van der Waals surface area contributed by atoms with E-state index in [1.54, 1.807) is 12.3 Å². The number of rotatable bonds is 7. The van der Waals surface area contributed by atoms with Crippen molar-refractivity contribution in [1.82, 2.24) is 25.3 Å². The van der Waals surface area contributed by atoms with Crippen molar-refractivity contribution in [3.05, 3.63) is 52.7 Å². The van der Waals surface area contributed by atoms with E-state index in [2.05, 4.69) is 37.4 Å². The van der Waals surface area contributed by atoms with E-state index in [9.17, 15) is 9.60 Å². The van der Waals surface area contributed by atoms with Crippen molar-refractivity contribution in [2.45, 2.75) is 19.3 Å². The molecule has 0 amide bonds. The van der Waals surface area contributed by atoms with Gasteiger partial charge in [0, 0.05) is 44.5 Å². The first-order valence-corrected chi connectivity index (χ1v) is 11.0. The Labute approximate surface area is 190 Å². The molecule has 1 saturated heterocycles. The van der Waals surface area contributed by atoms with E-state index in [0.717, 1.165) is 51.4 Å². The van der Waals surface area contributed by atoms with Crippen molar-refractivity contribution in [3.8, 4) is 0 Å². The van der Waals surface area contributed by atoms with Gasteiger partial charge in [-0.25, -0.2) is 19.4 Å². The van der Waals surface area contributed by atoms with Gasteiger partial charge >= 0.3 is 0 Å². The van der Waals surface area contributed by atoms with E-state index in [-0.39, 0.29) is 10.9 Å². The van der Waals surface area contributed by atoms with Gasteiger partial charge in [0.1, 0.15) is 11.6 Å². The standard InChI is InChI=1S/C22H26ClFN6O2/c1-30(13-14-6-10-32-11-7-14)9-5-19-27-20-16(4-8-25-22(20)28-19)21(29-31)26-15-2-3-18(24)17(23)12-15/h2-4,8,12,14,31H,5-7,9-11,13H2,1H3,(H,26,29)(H,25,27,28). The highest BCUT2D eigenvalue weighted by Crippen LogP contribution is 2.23. The Kier molecular flexibility index (Phi) is 7.31. The summed E-state index contributed by atoms with van der Waals surface area (Å²) in [4.78, 5) is 18.9. The summed E-state index contributed by atoms with van der Waals surface area (Å²) in [6, 6.07) is 5.81. The summed E-state index contributed by atoms with van der Waals surface area (Å²) in [6.07, 6.45) is 4.56. The van der Waals surface area contributed by atoms with E-state index in [1.807, 2.05) is 0 Å². The largest absolute Gasteiger partial charge is 0.381 e. The zero-order valence-corrected chi connectivity index (χ0v) is 18.6. The van der Waals surface area contributed by atoms with Gasteiger partial charge in [-0.15, -0.1) is 0 Å². The fourth-order valence-corrected chi connectivity index (χ4v) is 4.04. The number of H-pyrrole nitrogens is 1. The number of aromatic nitrogens is 3. The second kappa shape index (κ2) is 10.4. The molecular weight excluding hydrogens is 435 g/mol. The summed E-state index contributed by atoms with van der Waals surface area (Å²) in [7, 11) is 2.12. The number of amidine groups is 1. The summed E-state index contributed by atoms with van der Waals surface area (Å²) in [5.41, 5.74) is 4.29. The predicted molar refractivity (Wildman–Crippen MR) is 121 cm³/mol. The average molecular weight is 461 g/mol. The number of pyridine rings is 1. The topological polar surface area (TPSA) is 98.7 Å². The second-order valence-corrected chi connectivity index (χ2v) is 8.39. The molecule has 32 heavy (non-hydrogen) atoms. The van der Waals surface area contributed by atoms with Crippen molar-refractivity contribution >= 4 is 34.3 Å². The van der Waals surface area contributed by atoms with Crippen molar-refractivity contribution in [2.24, 2.45) is 10.9 Å². The fourth-order valence-electron chi connectivity index (χ4n) is 3.86. The minimum atomic E-state index is -0.532. The Hall–Kier alpha value is -2.59. The first-order valence-electron chi connectivity index (χ1n) is 10.6. The lowest BCUT2D eigenvalue weighted by atomic mass is 10.00. The molecule has 1 aromatic carbocycles. The molecular formula is C22H26ClFN6O2. The molecule has 8 nitrogen and oxygen atoms in total. The van der Waals surface area contributed by atoms with Gasteiger partial charge < -0.3 is 14.6 Å². The maximum Gasteiger partial charge on any atom is 0.178 e. The number of imidazole rings is 1. The van der Waals surface area contributed by atoms with Crippen LogP contribution in [-0.2, 0) is 11.2 Å². The van der Waals surface area contributed by atoms with Crippen LogP contribution in [0, 0.1) is 11.7 Å². The molecule has 2 aromatic heterocycles. The van der Waals surface area contributed by atoms with Crippen LogP contribution in [0.4, 0.5) is 10.1 Å². The highest BCUT2D eigenvalue weighted by Gasteiger charge is 2.17. The number of benzene rings is 1. The van der Waals surface area contributed by atoms with Crippen molar-refractivity contribution in [2.75, 3.05) is 33.4 Å². The maximum atomic E-state index is 13.4. The number of likely N-dealkylation sites (N-methyl/N-ethyl adjacent to an activating group) is 1. The Morgan fingerprint density at radius 3 is 2.94 bits per heavy atom. The molecule has 170 valence electrons. The van der Waals surface area contributed by atoms with Crippen molar-refractivity contribution in [1.29, 1.82) is 0 Å². The summed E-state index contributed by atoms with van der Waals surface area (Å²) >= 11 is 5.84. The third-order valence-electron chi connectivity index (χ3n) is 5.59. The van der Waals surface area contributed by atoms with Crippen molar-refractivity contribution in [3.63, 3.8) is 0 Å². The number of aromatic amines is 1. The van der Waals surface area contributed by atoms with E-state index in [0.29, 0.717) is 28.3 Å². The van der Waals surface area contributed by atoms with Gasteiger partial charge in [-0.2, -0.15) is 0 Å². The van der Waals surface area contributed by atoms with Gasteiger partial charge in [-0.3, -0.25) is 10.7 Å². The smallest absolute Gasteiger partial charge is 0.178 e. The van der Waals surface area contributed by atoms with E-state index < -0.39 is 5.82 Å². The van der Waals surface area contributed by atoms with Crippen LogP contribution in [0.5, 0.6) is 0 Å². The summed E-state index contributed by atoms with van der Waals surface area (Å²) in [5, 5.41) is 9.66.